The molecular weight excluding hydrogens is 589 g/mol. The second-order valence-corrected chi connectivity index (χ2v) is 12.0. The van der Waals surface area contributed by atoms with Crippen LogP contribution in [0.5, 0.6) is 0 Å². The fourth-order valence-corrected chi connectivity index (χ4v) is 6.40. The number of hydrogen-bond donors (Lipinski definition) is 3. The number of urea groups is 1. The van der Waals surface area contributed by atoms with Crippen molar-refractivity contribution in [3.05, 3.63) is 72.4 Å². The third-order valence-electron chi connectivity index (χ3n) is 8.92. The zero-order chi connectivity index (χ0) is 31.9. The number of nitrogens with one attached hydrogen (secondary N) is 2. The number of alkyl halides is 1. The van der Waals surface area contributed by atoms with Crippen LogP contribution in [0.1, 0.15) is 16.9 Å². The van der Waals surface area contributed by atoms with Crippen LogP contribution in [0.2, 0.25) is 0 Å². The van der Waals surface area contributed by atoms with Crippen LogP contribution in [0.15, 0.2) is 66.7 Å². The smallest absolute Gasteiger partial charge is 0.323 e. The molecule has 4 heterocycles. The molecule has 3 aromatic carbocycles. The van der Waals surface area contributed by atoms with Crippen molar-refractivity contribution in [2.24, 2.45) is 5.73 Å². The van der Waals surface area contributed by atoms with E-state index in [0.717, 1.165) is 48.5 Å². The lowest BCUT2D eigenvalue weighted by molar-refractivity contribution is -0.123. The minimum absolute atomic E-state index is 0.0335. The molecule has 2 unspecified atom stereocenters. The molecule has 0 spiro atoms. The summed E-state index contributed by atoms with van der Waals surface area (Å²) in [6.07, 6.45) is -1.51. The summed E-state index contributed by atoms with van der Waals surface area (Å²) in [4.78, 5) is 45.1. The van der Waals surface area contributed by atoms with Crippen LogP contribution in [0, 0.1) is 0 Å². The van der Waals surface area contributed by atoms with Gasteiger partial charge in [-0.15, -0.1) is 0 Å². The molecule has 7 rings (SSSR count). The first-order valence-corrected chi connectivity index (χ1v) is 15.3. The highest BCUT2D eigenvalue weighted by Crippen LogP contribution is 2.30. The standard InChI is InChI=1S/C33H34FN9O3/c1-40-11-13-41(14-12-40)23-8-9-24-26(17-23)37-38-32(24)36-33(46)42-18-22(34)16-28(42)29(44)19-43-27-10-7-21(20-5-3-2-4-6-20)15-25(27)30(39-43)31(35)45/h2-10,15,17,22,28H,11-14,16,18-19H2,1H3,(H2,35,45)(H2,36,37,38,46). The number of Topliss-reactive ketones (excluding diaryl/α,β-unsaturated/α-hetero) is 1. The van der Waals surface area contributed by atoms with Gasteiger partial charge in [0, 0.05) is 49.1 Å². The Hall–Kier alpha value is -5.30. The Morgan fingerprint density at radius 3 is 2.52 bits per heavy atom. The molecule has 2 aliphatic rings. The maximum absolute atomic E-state index is 14.7. The molecule has 5 aromatic rings. The zero-order valence-electron chi connectivity index (χ0n) is 25.3. The quantitative estimate of drug-likeness (QED) is 0.251. The van der Waals surface area contributed by atoms with Crippen molar-refractivity contribution in [2.45, 2.75) is 25.2 Å². The van der Waals surface area contributed by atoms with Gasteiger partial charge in [0.25, 0.3) is 5.91 Å². The summed E-state index contributed by atoms with van der Waals surface area (Å²) < 4.78 is 16.1. The molecule has 0 radical (unpaired) electrons. The average molecular weight is 624 g/mol. The van der Waals surface area contributed by atoms with E-state index in [2.05, 4.69) is 37.5 Å². The summed E-state index contributed by atoms with van der Waals surface area (Å²) >= 11 is 0. The van der Waals surface area contributed by atoms with Gasteiger partial charge in [-0.2, -0.15) is 10.2 Å². The van der Waals surface area contributed by atoms with Crippen LogP contribution in [-0.2, 0) is 11.3 Å². The van der Waals surface area contributed by atoms with Crippen LogP contribution in [-0.4, -0.2) is 99.5 Å². The molecule has 0 saturated carbocycles. The predicted molar refractivity (Wildman–Crippen MR) is 174 cm³/mol. The topological polar surface area (TPSA) is 145 Å². The van der Waals surface area contributed by atoms with Crippen LogP contribution < -0.4 is 16.0 Å². The molecule has 2 aromatic heterocycles. The second-order valence-electron chi connectivity index (χ2n) is 12.0. The molecule has 46 heavy (non-hydrogen) atoms. The molecule has 2 saturated heterocycles. The molecule has 0 bridgehead atoms. The van der Waals surface area contributed by atoms with E-state index in [1.807, 2.05) is 60.7 Å². The number of amides is 3. The Balaban J connectivity index is 1.09. The third kappa shape index (κ3) is 5.53. The highest BCUT2D eigenvalue weighted by molar-refractivity contribution is 6.06. The molecular formula is C33H34FN9O3. The Kier molecular flexibility index (Phi) is 7.61. The molecule has 2 aliphatic heterocycles. The number of rotatable bonds is 7. The number of fused-ring (bicyclic) bond motifs is 2. The summed E-state index contributed by atoms with van der Waals surface area (Å²) in [6.45, 7) is 3.29. The van der Waals surface area contributed by atoms with E-state index in [0.29, 0.717) is 22.1 Å². The first-order chi connectivity index (χ1) is 22.2. The minimum Gasteiger partial charge on any atom is -0.369 e. The highest BCUT2D eigenvalue weighted by Gasteiger charge is 2.40. The van der Waals surface area contributed by atoms with Crippen molar-refractivity contribution in [1.29, 1.82) is 0 Å². The number of aromatic nitrogens is 4. The molecule has 0 aliphatic carbocycles. The fraction of sp³-hybridized carbons (Fsp3) is 0.303. The Morgan fingerprint density at radius 2 is 1.76 bits per heavy atom. The van der Waals surface area contributed by atoms with E-state index < -0.39 is 29.9 Å². The second kappa shape index (κ2) is 11.9. The lowest BCUT2D eigenvalue weighted by Crippen LogP contribution is -2.44. The van der Waals surface area contributed by atoms with Crippen LogP contribution >= 0.6 is 0 Å². The van der Waals surface area contributed by atoms with Gasteiger partial charge in [-0.25, -0.2) is 9.18 Å². The number of aromatic amines is 1. The summed E-state index contributed by atoms with van der Waals surface area (Å²) in [5, 5.41) is 15.6. The largest absolute Gasteiger partial charge is 0.369 e. The minimum atomic E-state index is -1.37. The number of halogens is 1. The number of likely N-dealkylation sites (N-methyl/N-ethyl adjacent to an activating group) is 1. The highest BCUT2D eigenvalue weighted by atomic mass is 19.1. The number of nitrogens with zero attached hydrogens (tertiary/aromatic N) is 6. The van der Waals surface area contributed by atoms with Gasteiger partial charge in [-0.3, -0.25) is 24.7 Å². The molecule has 13 heteroatoms. The molecule has 2 fully saturated rings. The van der Waals surface area contributed by atoms with Crippen LogP contribution in [0.4, 0.5) is 20.7 Å². The maximum Gasteiger partial charge on any atom is 0.323 e. The van der Waals surface area contributed by atoms with Crippen LogP contribution in [0.25, 0.3) is 32.9 Å². The van der Waals surface area contributed by atoms with Crippen molar-refractivity contribution < 1.29 is 18.8 Å². The number of nitrogens with two attached hydrogens (primary N) is 1. The van der Waals surface area contributed by atoms with E-state index in [9.17, 15) is 18.8 Å². The van der Waals surface area contributed by atoms with Crippen molar-refractivity contribution in [3.63, 3.8) is 0 Å². The molecule has 12 nitrogen and oxygen atoms in total. The third-order valence-corrected chi connectivity index (χ3v) is 8.92. The number of ketones is 1. The number of piperazine rings is 1. The number of carbonyl (C=O) groups is 3. The Bertz CT molecular complexity index is 1950. The summed E-state index contributed by atoms with van der Waals surface area (Å²) in [7, 11) is 2.11. The van der Waals surface area contributed by atoms with Crippen molar-refractivity contribution in [2.75, 3.05) is 50.0 Å². The lowest BCUT2D eigenvalue weighted by Gasteiger charge is -2.34. The van der Waals surface area contributed by atoms with E-state index in [1.165, 1.54) is 9.58 Å². The Labute approximate surface area is 263 Å². The molecule has 2 atom stereocenters. The maximum atomic E-state index is 14.7. The van der Waals surface area contributed by atoms with Gasteiger partial charge in [0.2, 0.25) is 0 Å². The van der Waals surface area contributed by atoms with Gasteiger partial charge in [-0.1, -0.05) is 36.4 Å². The number of primary amides is 1. The van der Waals surface area contributed by atoms with Gasteiger partial charge >= 0.3 is 6.03 Å². The number of carbonyl (C=O) groups excluding carboxylic acids is 3. The number of anilines is 2. The Morgan fingerprint density at radius 1 is 0.978 bits per heavy atom. The molecule has 3 amide bonds. The first-order valence-electron chi connectivity index (χ1n) is 15.3. The first kappa shape index (κ1) is 29.4. The number of likely N-dealkylation sites (tertiary alicyclic amines) is 1. The van der Waals surface area contributed by atoms with Gasteiger partial charge in [0.05, 0.1) is 23.6 Å². The van der Waals surface area contributed by atoms with Crippen LogP contribution in [0.3, 0.4) is 0 Å². The van der Waals surface area contributed by atoms with E-state index in [-0.39, 0.29) is 25.2 Å². The zero-order valence-corrected chi connectivity index (χ0v) is 25.3. The molecule has 4 N–H and O–H groups in total. The number of benzene rings is 3. The number of H-pyrrole nitrogens is 1. The van der Waals surface area contributed by atoms with Crippen molar-refractivity contribution in [1.82, 2.24) is 29.8 Å². The van der Waals surface area contributed by atoms with Gasteiger partial charge in [0.15, 0.2) is 17.3 Å². The predicted octanol–water partition coefficient (Wildman–Crippen LogP) is 3.64. The van der Waals surface area contributed by atoms with Gasteiger partial charge < -0.3 is 20.4 Å². The fourth-order valence-electron chi connectivity index (χ4n) is 6.40. The van der Waals surface area contributed by atoms with E-state index in [4.69, 9.17) is 5.73 Å². The number of hydrogen-bond acceptors (Lipinski definition) is 7. The molecule has 236 valence electrons. The van der Waals surface area contributed by atoms with E-state index in [1.54, 1.807) is 6.07 Å². The summed E-state index contributed by atoms with van der Waals surface area (Å²) in [6, 6.07) is 19.4. The van der Waals surface area contributed by atoms with Crippen molar-refractivity contribution >= 4 is 51.0 Å². The monoisotopic (exact) mass is 623 g/mol. The average Bonchev–Trinajstić information content (AvgIpc) is 3.76. The van der Waals surface area contributed by atoms with Gasteiger partial charge in [-0.05, 0) is 48.5 Å². The lowest BCUT2D eigenvalue weighted by atomic mass is 10.0. The summed E-state index contributed by atoms with van der Waals surface area (Å²) in [5.74, 6) is -0.836. The SMILES string of the molecule is CN1CCN(c2ccc3c(NC(=O)N4CC(F)CC4C(=O)Cn4nc(C(N)=O)c5cc(-c6ccccc6)ccc54)n[nH]c3c2)CC1. The van der Waals surface area contributed by atoms with Gasteiger partial charge in [0.1, 0.15) is 12.7 Å². The normalized spacial score (nSPS) is 18.8. The summed E-state index contributed by atoms with van der Waals surface area (Å²) in [5.41, 5.74) is 9.85. The van der Waals surface area contributed by atoms with E-state index >= 15 is 0 Å². The van der Waals surface area contributed by atoms with Crippen molar-refractivity contribution in [3.8, 4) is 11.1 Å².